The summed E-state index contributed by atoms with van der Waals surface area (Å²) in [5.74, 6) is -0.492. The van der Waals surface area contributed by atoms with Crippen molar-refractivity contribution >= 4 is 21.4 Å². The third-order valence-electron chi connectivity index (χ3n) is 0.643. The summed E-state index contributed by atoms with van der Waals surface area (Å²) in [5.41, 5.74) is 0.784. The molecule has 0 heterocycles. The molecule has 0 saturated heterocycles. The Balaban J connectivity index is 4.44. The minimum atomic E-state index is -2.38. The lowest BCUT2D eigenvalue weighted by Gasteiger charge is -1.81. The Morgan fingerprint density at radius 1 is 1.30 bits per heavy atom. The minimum Gasteiger partial charge on any atom is -0.289 e. The number of carbonyl (C=O) groups is 1. The topological polar surface area (TPSA) is 51.2 Å². The van der Waals surface area contributed by atoms with Gasteiger partial charge in [-0.3, -0.25) is 4.79 Å². The molecule has 0 saturated carbocycles. The zero-order valence-electron chi connectivity index (χ0n) is 5.79. The Labute approximate surface area is 60.9 Å². The van der Waals surface area contributed by atoms with Crippen LogP contribution in [-0.4, -0.2) is 19.6 Å². The molecule has 10 heavy (non-hydrogen) atoms. The second-order valence-electron chi connectivity index (χ2n) is 2.00. The van der Waals surface area contributed by atoms with Crippen LogP contribution in [0.1, 0.15) is 13.8 Å². The average molecular weight is 160 g/mol. The Morgan fingerprint density at radius 3 is 2.10 bits per heavy atom. The molecule has 0 aromatic heterocycles. The molecule has 0 spiro atoms. The maximum atomic E-state index is 10.5. The predicted octanol–water partition coefficient (Wildman–Crippen LogP) is 0.203. The van der Waals surface area contributed by atoms with E-state index in [1.807, 2.05) is 0 Å². The molecule has 0 fully saturated rings. The first-order valence-electron chi connectivity index (χ1n) is 2.64. The van der Waals surface area contributed by atoms with Crippen molar-refractivity contribution in [2.75, 3.05) is 0 Å². The van der Waals surface area contributed by atoms with Gasteiger partial charge in [0.1, 0.15) is 5.37 Å². The number of hydrogen-bond donors (Lipinski definition) is 0. The summed E-state index contributed by atoms with van der Waals surface area (Å²) in [6.07, 6.45) is 1.26. The first-order valence-corrected chi connectivity index (χ1v) is 3.78. The highest BCUT2D eigenvalue weighted by Crippen LogP contribution is 1.86. The van der Waals surface area contributed by atoms with Gasteiger partial charge in [0.25, 0.3) is 0 Å². The summed E-state index contributed by atoms with van der Waals surface area (Å²) in [6.45, 7) is 3.44. The number of carbonyl (C=O) groups excluding carboxylic acids is 1. The second-order valence-corrected chi connectivity index (χ2v) is 2.76. The first-order chi connectivity index (χ1) is 4.52. The lowest BCUT2D eigenvalue weighted by molar-refractivity contribution is -0.108. The van der Waals surface area contributed by atoms with Crippen molar-refractivity contribution in [1.29, 1.82) is 0 Å². The van der Waals surface area contributed by atoms with E-state index < -0.39 is 16.1 Å². The third kappa shape index (κ3) is 5.24. The molecule has 0 aromatic rings. The second kappa shape index (κ2) is 4.00. The van der Waals surface area contributed by atoms with E-state index in [2.05, 4.69) is 0 Å². The predicted molar refractivity (Wildman–Crippen MR) is 39.4 cm³/mol. The van der Waals surface area contributed by atoms with Crippen LogP contribution < -0.4 is 0 Å². The van der Waals surface area contributed by atoms with Crippen molar-refractivity contribution in [3.8, 4) is 0 Å². The van der Waals surface area contributed by atoms with Crippen LogP contribution in [-0.2, 0) is 15.1 Å². The molecule has 4 heteroatoms. The van der Waals surface area contributed by atoms with Crippen LogP contribution in [0.15, 0.2) is 11.6 Å². The fraction of sp³-hybridized carbons (Fsp3) is 0.333. The van der Waals surface area contributed by atoms with Crippen LogP contribution in [0.2, 0.25) is 0 Å². The van der Waals surface area contributed by atoms with Gasteiger partial charge in [0.15, 0.2) is 5.78 Å². The molecule has 0 rings (SSSR count). The molecule has 0 aliphatic rings. The van der Waals surface area contributed by atoms with E-state index in [1.165, 1.54) is 6.08 Å². The smallest absolute Gasteiger partial charge is 0.218 e. The van der Waals surface area contributed by atoms with Crippen LogP contribution in [0.5, 0.6) is 0 Å². The highest BCUT2D eigenvalue weighted by Gasteiger charge is 1.89. The molecule has 0 N–H and O–H groups in total. The Morgan fingerprint density at radius 2 is 1.80 bits per heavy atom. The van der Waals surface area contributed by atoms with E-state index in [4.69, 9.17) is 0 Å². The van der Waals surface area contributed by atoms with Gasteiger partial charge >= 0.3 is 0 Å². The Bertz CT molecular complexity index is 270. The zero-order chi connectivity index (χ0) is 8.15. The van der Waals surface area contributed by atoms with Crippen molar-refractivity contribution in [3.05, 3.63) is 11.6 Å². The van der Waals surface area contributed by atoms with Gasteiger partial charge < -0.3 is 0 Å². The fourth-order valence-corrected chi connectivity index (χ4v) is 0.671. The monoisotopic (exact) mass is 160 g/mol. The summed E-state index contributed by atoms with van der Waals surface area (Å²) in [6, 6.07) is 0. The van der Waals surface area contributed by atoms with Gasteiger partial charge in [0.2, 0.25) is 10.3 Å². The lowest BCUT2D eigenvalue weighted by Crippen LogP contribution is -1.94. The summed E-state index contributed by atoms with van der Waals surface area (Å²) < 4.78 is 19.8. The molecular weight excluding hydrogens is 152 g/mol. The Hall–Kier alpha value is -0.900. The van der Waals surface area contributed by atoms with Crippen molar-refractivity contribution < 1.29 is 13.2 Å². The molecule has 0 aromatic carbocycles. The maximum absolute atomic E-state index is 10.5. The number of ketones is 1. The van der Waals surface area contributed by atoms with Crippen molar-refractivity contribution in [1.82, 2.24) is 0 Å². The van der Waals surface area contributed by atoms with Gasteiger partial charge in [0, 0.05) is 0 Å². The third-order valence-corrected chi connectivity index (χ3v) is 1.07. The molecule has 56 valence electrons. The number of hydrogen-bond acceptors (Lipinski definition) is 3. The van der Waals surface area contributed by atoms with Gasteiger partial charge in [-0.25, -0.2) is 0 Å². The van der Waals surface area contributed by atoms with E-state index in [1.54, 1.807) is 13.8 Å². The summed E-state index contributed by atoms with van der Waals surface area (Å²) >= 11 is 0. The highest BCUT2D eigenvalue weighted by atomic mass is 32.2. The van der Waals surface area contributed by atoms with Gasteiger partial charge in [-0.2, -0.15) is 8.42 Å². The van der Waals surface area contributed by atoms with E-state index >= 15 is 0 Å². The SMILES string of the molecule is CC(C)=CC(=O)C=S(=O)=O. The van der Waals surface area contributed by atoms with Gasteiger partial charge in [-0.1, -0.05) is 5.57 Å². The largest absolute Gasteiger partial charge is 0.289 e. The van der Waals surface area contributed by atoms with Crippen LogP contribution in [0.4, 0.5) is 0 Å². The quantitative estimate of drug-likeness (QED) is 0.428. The first kappa shape index (κ1) is 9.10. The lowest BCUT2D eigenvalue weighted by atomic mass is 10.3. The standard InChI is InChI=1S/C6H8O3S/c1-5(2)3-6(7)4-10(8)9/h3-4H,1-2H3. The van der Waals surface area contributed by atoms with E-state index in [-0.39, 0.29) is 0 Å². The Kier molecular flexibility index (Phi) is 3.64. The fourth-order valence-electron chi connectivity index (χ4n) is 0.413. The summed E-state index contributed by atoms with van der Waals surface area (Å²) in [5, 5.41) is 0.632. The molecule has 0 radical (unpaired) electrons. The molecule has 0 aliphatic heterocycles. The summed E-state index contributed by atoms with van der Waals surface area (Å²) in [4.78, 5) is 10.5. The van der Waals surface area contributed by atoms with Gasteiger partial charge in [0.05, 0.1) is 0 Å². The van der Waals surface area contributed by atoms with Gasteiger partial charge in [-0.15, -0.1) is 0 Å². The maximum Gasteiger partial charge on any atom is 0.218 e. The minimum absolute atomic E-state index is 0.492. The van der Waals surface area contributed by atoms with E-state index in [9.17, 15) is 13.2 Å². The molecule has 0 atom stereocenters. The molecule has 0 amide bonds. The zero-order valence-corrected chi connectivity index (χ0v) is 6.60. The molecule has 0 aliphatic carbocycles. The molecule has 3 nitrogen and oxygen atoms in total. The number of rotatable bonds is 2. The van der Waals surface area contributed by atoms with Crippen molar-refractivity contribution in [2.24, 2.45) is 0 Å². The van der Waals surface area contributed by atoms with Crippen LogP contribution in [0.25, 0.3) is 0 Å². The molecule has 0 bridgehead atoms. The van der Waals surface area contributed by atoms with E-state index in [0.29, 0.717) is 5.37 Å². The van der Waals surface area contributed by atoms with Crippen LogP contribution in [0.3, 0.4) is 0 Å². The molecule has 0 unspecified atom stereocenters. The summed E-state index contributed by atoms with van der Waals surface area (Å²) in [7, 11) is -2.38. The van der Waals surface area contributed by atoms with E-state index in [0.717, 1.165) is 5.57 Å². The van der Waals surface area contributed by atoms with Crippen LogP contribution in [0, 0.1) is 0 Å². The number of allylic oxidation sites excluding steroid dienone is 2. The van der Waals surface area contributed by atoms with Crippen molar-refractivity contribution in [2.45, 2.75) is 13.8 Å². The van der Waals surface area contributed by atoms with Crippen LogP contribution >= 0.6 is 0 Å². The van der Waals surface area contributed by atoms with Gasteiger partial charge in [-0.05, 0) is 19.9 Å². The highest BCUT2D eigenvalue weighted by molar-refractivity contribution is 7.73. The molecular formula is C6H8O3S. The van der Waals surface area contributed by atoms with Crippen molar-refractivity contribution in [3.63, 3.8) is 0 Å². The average Bonchev–Trinajstić information content (AvgIpc) is 1.58. The normalized spacial score (nSPS) is 8.20.